The van der Waals surface area contributed by atoms with E-state index in [9.17, 15) is 9.59 Å². The third kappa shape index (κ3) is 4.00. The minimum atomic E-state index is -0.208. The lowest BCUT2D eigenvalue weighted by atomic mass is 9.90. The van der Waals surface area contributed by atoms with Crippen molar-refractivity contribution in [2.45, 2.75) is 33.6 Å². The van der Waals surface area contributed by atoms with Crippen LogP contribution in [0.3, 0.4) is 0 Å². The Labute approximate surface area is 90.6 Å². The summed E-state index contributed by atoms with van der Waals surface area (Å²) in [5.74, 6) is -0.416. The predicted octanol–water partition coefficient (Wildman–Crippen LogP) is 1.20. The van der Waals surface area contributed by atoms with Gasteiger partial charge in [0, 0.05) is 6.54 Å². The van der Waals surface area contributed by atoms with Gasteiger partial charge in [-0.1, -0.05) is 20.8 Å². The van der Waals surface area contributed by atoms with Crippen LogP contribution in [-0.2, 0) is 14.3 Å². The molecule has 1 heterocycles. The van der Waals surface area contributed by atoms with E-state index in [0.29, 0.717) is 6.54 Å². The highest BCUT2D eigenvalue weighted by atomic mass is 16.5. The summed E-state index contributed by atoms with van der Waals surface area (Å²) in [6.07, 6.45) is 1.87. The fourth-order valence-electron chi connectivity index (χ4n) is 1.54. The number of hydrogen-bond donors (Lipinski definition) is 0. The van der Waals surface area contributed by atoms with Crippen LogP contribution in [-0.4, -0.2) is 36.5 Å². The van der Waals surface area contributed by atoms with Crippen LogP contribution in [0, 0.1) is 5.41 Å². The summed E-state index contributed by atoms with van der Waals surface area (Å²) in [5.41, 5.74) is 0.248. The van der Waals surface area contributed by atoms with Gasteiger partial charge in [0.15, 0.2) is 0 Å². The maximum Gasteiger partial charge on any atom is 0.255 e. The Morgan fingerprint density at radius 1 is 1.20 bits per heavy atom. The summed E-state index contributed by atoms with van der Waals surface area (Å²) in [6.45, 7) is 7.06. The molecule has 0 radical (unpaired) electrons. The minimum Gasteiger partial charge on any atom is -0.362 e. The zero-order chi connectivity index (χ0) is 11.5. The lowest BCUT2D eigenvalue weighted by Gasteiger charge is -2.26. The van der Waals surface area contributed by atoms with Gasteiger partial charge in [0.1, 0.15) is 13.2 Å². The van der Waals surface area contributed by atoms with Crippen molar-refractivity contribution in [2.75, 3.05) is 19.8 Å². The van der Waals surface area contributed by atoms with Gasteiger partial charge in [0.25, 0.3) is 11.8 Å². The molecule has 0 aromatic rings. The highest BCUT2D eigenvalue weighted by molar-refractivity contribution is 5.98. The molecule has 0 aromatic carbocycles. The van der Waals surface area contributed by atoms with Crippen LogP contribution in [0.15, 0.2) is 0 Å². The van der Waals surface area contributed by atoms with E-state index < -0.39 is 0 Å². The van der Waals surface area contributed by atoms with Crippen LogP contribution >= 0.6 is 0 Å². The third-order valence-corrected chi connectivity index (χ3v) is 2.36. The average Bonchev–Trinajstić information content (AvgIpc) is 2.08. The molecule has 1 aliphatic heterocycles. The minimum absolute atomic E-state index is 0.0429. The van der Waals surface area contributed by atoms with E-state index in [0.717, 1.165) is 12.8 Å². The van der Waals surface area contributed by atoms with Crippen molar-refractivity contribution in [3.05, 3.63) is 0 Å². The number of imide groups is 1. The second-order valence-corrected chi connectivity index (χ2v) is 5.10. The van der Waals surface area contributed by atoms with Gasteiger partial charge >= 0.3 is 0 Å². The van der Waals surface area contributed by atoms with E-state index in [4.69, 9.17) is 4.74 Å². The molecule has 0 atom stereocenters. The van der Waals surface area contributed by atoms with Crippen molar-refractivity contribution in [1.82, 2.24) is 4.90 Å². The molecule has 0 spiro atoms. The van der Waals surface area contributed by atoms with Crippen LogP contribution in [0.2, 0.25) is 0 Å². The van der Waals surface area contributed by atoms with E-state index in [1.807, 2.05) is 0 Å². The summed E-state index contributed by atoms with van der Waals surface area (Å²) in [7, 11) is 0. The monoisotopic (exact) mass is 213 g/mol. The van der Waals surface area contributed by atoms with Crippen LogP contribution in [0.1, 0.15) is 33.6 Å². The number of nitrogens with zero attached hydrogens (tertiary/aromatic N) is 1. The molecule has 1 saturated heterocycles. The molecule has 0 N–H and O–H groups in total. The van der Waals surface area contributed by atoms with Crippen molar-refractivity contribution in [3.63, 3.8) is 0 Å². The van der Waals surface area contributed by atoms with Gasteiger partial charge < -0.3 is 4.74 Å². The van der Waals surface area contributed by atoms with Gasteiger partial charge in [-0.2, -0.15) is 0 Å². The largest absolute Gasteiger partial charge is 0.362 e. The Bertz CT molecular complexity index is 239. The first-order chi connectivity index (χ1) is 6.90. The van der Waals surface area contributed by atoms with Crippen molar-refractivity contribution < 1.29 is 14.3 Å². The number of ether oxygens (including phenoxy) is 1. The molecule has 86 valence electrons. The molecule has 0 bridgehead atoms. The van der Waals surface area contributed by atoms with Crippen LogP contribution in [0.4, 0.5) is 0 Å². The summed E-state index contributed by atoms with van der Waals surface area (Å²) < 4.78 is 4.83. The van der Waals surface area contributed by atoms with Crippen LogP contribution in [0.25, 0.3) is 0 Å². The number of amides is 2. The Balaban J connectivity index is 2.36. The third-order valence-electron chi connectivity index (χ3n) is 2.36. The molecule has 1 rings (SSSR count). The van der Waals surface area contributed by atoms with Crippen LogP contribution in [0.5, 0.6) is 0 Å². The van der Waals surface area contributed by atoms with E-state index in [2.05, 4.69) is 20.8 Å². The Kier molecular flexibility index (Phi) is 3.85. The number of hydrogen-bond acceptors (Lipinski definition) is 3. The average molecular weight is 213 g/mol. The van der Waals surface area contributed by atoms with Gasteiger partial charge in [0.05, 0.1) is 0 Å². The summed E-state index contributed by atoms with van der Waals surface area (Å²) in [5, 5.41) is 0. The first-order valence-electron chi connectivity index (χ1n) is 5.31. The van der Waals surface area contributed by atoms with Crippen LogP contribution < -0.4 is 0 Å². The molecule has 0 unspecified atom stereocenters. The molecular formula is C11H19NO3. The summed E-state index contributed by atoms with van der Waals surface area (Å²) >= 11 is 0. The zero-order valence-electron chi connectivity index (χ0n) is 9.71. The predicted molar refractivity (Wildman–Crippen MR) is 56.2 cm³/mol. The molecule has 0 saturated carbocycles. The Hall–Kier alpha value is -0.900. The first-order valence-corrected chi connectivity index (χ1v) is 5.31. The summed E-state index contributed by atoms with van der Waals surface area (Å²) in [4.78, 5) is 24.0. The first kappa shape index (κ1) is 12.2. The normalized spacial score (nSPS) is 18.5. The second kappa shape index (κ2) is 4.75. The highest BCUT2D eigenvalue weighted by Gasteiger charge is 2.26. The second-order valence-electron chi connectivity index (χ2n) is 5.10. The molecule has 15 heavy (non-hydrogen) atoms. The smallest absolute Gasteiger partial charge is 0.255 e. The van der Waals surface area contributed by atoms with Crippen molar-refractivity contribution in [1.29, 1.82) is 0 Å². The van der Waals surface area contributed by atoms with E-state index >= 15 is 0 Å². The van der Waals surface area contributed by atoms with Crippen molar-refractivity contribution in [2.24, 2.45) is 5.41 Å². The number of carbonyl (C=O) groups is 2. The van der Waals surface area contributed by atoms with Gasteiger partial charge in [-0.15, -0.1) is 0 Å². The van der Waals surface area contributed by atoms with E-state index in [1.165, 1.54) is 4.90 Å². The molecule has 1 aliphatic rings. The SMILES string of the molecule is CC(C)(C)CCCN1C(=O)COCC1=O. The molecule has 2 amide bonds. The topological polar surface area (TPSA) is 46.6 Å². The zero-order valence-corrected chi connectivity index (χ0v) is 9.71. The molecular weight excluding hydrogens is 194 g/mol. The maximum absolute atomic E-state index is 11.3. The van der Waals surface area contributed by atoms with E-state index in [-0.39, 0.29) is 30.4 Å². The number of morpholine rings is 1. The Morgan fingerprint density at radius 2 is 1.73 bits per heavy atom. The number of rotatable bonds is 3. The maximum atomic E-state index is 11.3. The Morgan fingerprint density at radius 3 is 2.20 bits per heavy atom. The molecule has 1 fully saturated rings. The van der Waals surface area contributed by atoms with Gasteiger partial charge in [0.2, 0.25) is 0 Å². The molecule has 4 nitrogen and oxygen atoms in total. The van der Waals surface area contributed by atoms with Gasteiger partial charge in [-0.3, -0.25) is 14.5 Å². The van der Waals surface area contributed by atoms with E-state index in [1.54, 1.807) is 0 Å². The molecule has 4 heteroatoms. The molecule has 0 aliphatic carbocycles. The van der Waals surface area contributed by atoms with Gasteiger partial charge in [-0.05, 0) is 18.3 Å². The fraction of sp³-hybridized carbons (Fsp3) is 0.818. The quantitative estimate of drug-likeness (QED) is 0.662. The highest BCUT2D eigenvalue weighted by Crippen LogP contribution is 2.20. The lowest BCUT2D eigenvalue weighted by Crippen LogP contribution is -2.46. The summed E-state index contributed by atoms with van der Waals surface area (Å²) in [6, 6.07) is 0. The molecule has 0 aromatic heterocycles. The number of carbonyl (C=O) groups excluding carboxylic acids is 2. The standard InChI is InChI=1S/C11H19NO3/c1-11(2,3)5-4-6-12-9(13)7-15-8-10(12)14/h4-8H2,1-3H3. The van der Waals surface area contributed by atoms with Crippen molar-refractivity contribution >= 4 is 11.8 Å². The fourth-order valence-corrected chi connectivity index (χ4v) is 1.54. The van der Waals surface area contributed by atoms with Gasteiger partial charge in [-0.25, -0.2) is 0 Å². The van der Waals surface area contributed by atoms with Crippen molar-refractivity contribution in [3.8, 4) is 0 Å². The lowest BCUT2D eigenvalue weighted by molar-refractivity contribution is -0.158.